The Morgan fingerprint density at radius 1 is 1.41 bits per heavy atom. The fraction of sp³-hybridized carbons (Fsp3) is 0.375. The standard InChI is InChI=1S/C16H17NO4S/c1-9-3-4-14-11(5-9)12-6-10(7-15(12)17-14)13(8-22(19)20)16(18)21-2/h3-5,8,10,13,17H,6-7H2,1-2H3. The SMILES string of the molecule is COC(=O)C(C=S(=O)=O)C1Cc2[nH]c3ccc(C)cc3c2C1. The van der Waals surface area contributed by atoms with Crippen molar-refractivity contribution in [2.75, 3.05) is 7.11 Å². The molecule has 2 unspecified atom stereocenters. The zero-order chi connectivity index (χ0) is 15.9. The van der Waals surface area contributed by atoms with Crippen molar-refractivity contribution in [1.82, 2.24) is 4.98 Å². The summed E-state index contributed by atoms with van der Waals surface area (Å²) < 4.78 is 26.7. The van der Waals surface area contributed by atoms with E-state index in [2.05, 4.69) is 23.2 Å². The van der Waals surface area contributed by atoms with Crippen molar-refractivity contribution >= 4 is 32.5 Å². The van der Waals surface area contributed by atoms with Crippen LogP contribution in [0, 0.1) is 18.8 Å². The first kappa shape index (κ1) is 14.8. The molecule has 6 heteroatoms. The second kappa shape index (κ2) is 5.61. The molecule has 1 heterocycles. The number of ether oxygens (including phenoxy) is 1. The number of esters is 1. The number of H-pyrrole nitrogens is 1. The Balaban J connectivity index is 1.97. The summed E-state index contributed by atoms with van der Waals surface area (Å²) in [5.41, 5.74) is 4.53. The van der Waals surface area contributed by atoms with E-state index >= 15 is 0 Å². The first-order valence-electron chi connectivity index (χ1n) is 7.10. The molecule has 22 heavy (non-hydrogen) atoms. The van der Waals surface area contributed by atoms with Crippen LogP contribution in [0.5, 0.6) is 0 Å². The van der Waals surface area contributed by atoms with Crippen LogP contribution in [0.4, 0.5) is 0 Å². The Morgan fingerprint density at radius 2 is 2.18 bits per heavy atom. The van der Waals surface area contributed by atoms with E-state index in [1.165, 1.54) is 18.2 Å². The molecule has 1 aromatic heterocycles. The van der Waals surface area contributed by atoms with Crippen LogP contribution in [-0.2, 0) is 32.7 Å². The molecule has 2 atom stereocenters. The van der Waals surface area contributed by atoms with Crippen LogP contribution in [0.1, 0.15) is 16.8 Å². The van der Waals surface area contributed by atoms with Gasteiger partial charge in [-0.05, 0) is 43.4 Å². The van der Waals surface area contributed by atoms with Gasteiger partial charge in [0, 0.05) is 16.6 Å². The van der Waals surface area contributed by atoms with E-state index in [1.54, 1.807) is 0 Å². The van der Waals surface area contributed by atoms with E-state index in [1.807, 2.05) is 6.92 Å². The molecule has 3 rings (SSSR count). The predicted molar refractivity (Wildman–Crippen MR) is 84.4 cm³/mol. The highest BCUT2D eigenvalue weighted by Gasteiger charge is 2.35. The van der Waals surface area contributed by atoms with Gasteiger partial charge in [0.15, 0.2) is 0 Å². The number of methoxy groups -OCH3 is 1. The van der Waals surface area contributed by atoms with Crippen LogP contribution in [0.25, 0.3) is 10.9 Å². The minimum Gasteiger partial charge on any atom is -0.469 e. The van der Waals surface area contributed by atoms with Crippen molar-refractivity contribution in [3.8, 4) is 0 Å². The predicted octanol–water partition coefficient (Wildman–Crippen LogP) is 1.66. The van der Waals surface area contributed by atoms with Crippen LogP contribution in [0.15, 0.2) is 18.2 Å². The van der Waals surface area contributed by atoms with Gasteiger partial charge in [-0.2, -0.15) is 8.42 Å². The average molecular weight is 319 g/mol. The zero-order valence-corrected chi connectivity index (χ0v) is 13.2. The summed E-state index contributed by atoms with van der Waals surface area (Å²) in [7, 11) is -1.10. The van der Waals surface area contributed by atoms with Crippen molar-refractivity contribution in [3.63, 3.8) is 0 Å². The summed E-state index contributed by atoms with van der Waals surface area (Å²) >= 11 is 0. The molecule has 1 aliphatic carbocycles. The first-order valence-corrected chi connectivity index (χ1v) is 8.24. The van der Waals surface area contributed by atoms with E-state index in [0.717, 1.165) is 22.0 Å². The lowest BCUT2D eigenvalue weighted by Crippen LogP contribution is -2.27. The van der Waals surface area contributed by atoms with Gasteiger partial charge in [-0.25, -0.2) is 0 Å². The molecule has 0 saturated carbocycles. The average Bonchev–Trinajstić information content (AvgIpc) is 3.01. The lowest BCUT2D eigenvalue weighted by atomic mass is 9.91. The fourth-order valence-corrected chi connectivity index (χ4v) is 3.86. The number of nitrogens with one attached hydrogen (secondary N) is 1. The second-order valence-electron chi connectivity index (χ2n) is 5.74. The molecular formula is C16H17NO4S. The normalized spacial score (nSPS) is 18.0. The van der Waals surface area contributed by atoms with Gasteiger partial charge in [-0.3, -0.25) is 4.79 Å². The highest BCUT2D eigenvalue weighted by atomic mass is 32.2. The van der Waals surface area contributed by atoms with Gasteiger partial charge in [0.05, 0.1) is 18.4 Å². The molecular weight excluding hydrogens is 302 g/mol. The highest BCUT2D eigenvalue weighted by Crippen LogP contribution is 2.36. The maximum absolute atomic E-state index is 11.9. The van der Waals surface area contributed by atoms with Crippen molar-refractivity contribution in [2.45, 2.75) is 19.8 Å². The van der Waals surface area contributed by atoms with Crippen LogP contribution < -0.4 is 0 Å². The maximum atomic E-state index is 11.9. The second-order valence-corrected chi connectivity index (χ2v) is 6.54. The minimum absolute atomic E-state index is 0.0866. The zero-order valence-electron chi connectivity index (χ0n) is 12.4. The topological polar surface area (TPSA) is 76.2 Å². The number of carbonyl (C=O) groups excluding carboxylic acids is 1. The molecule has 0 fully saturated rings. The Morgan fingerprint density at radius 3 is 2.86 bits per heavy atom. The van der Waals surface area contributed by atoms with E-state index < -0.39 is 22.2 Å². The van der Waals surface area contributed by atoms with E-state index in [9.17, 15) is 13.2 Å². The van der Waals surface area contributed by atoms with Gasteiger partial charge in [-0.1, -0.05) is 11.6 Å². The molecule has 0 aliphatic heterocycles. The summed E-state index contributed by atoms with van der Waals surface area (Å²) in [5.74, 6) is -1.32. The van der Waals surface area contributed by atoms with Gasteiger partial charge in [0.2, 0.25) is 10.3 Å². The summed E-state index contributed by atoms with van der Waals surface area (Å²) in [4.78, 5) is 15.3. The van der Waals surface area contributed by atoms with Crippen LogP contribution in [0.3, 0.4) is 0 Å². The number of aromatic amines is 1. The van der Waals surface area contributed by atoms with Gasteiger partial charge in [0.25, 0.3) is 0 Å². The first-order chi connectivity index (χ1) is 10.5. The minimum atomic E-state index is -2.38. The Bertz CT molecular complexity index is 871. The number of rotatable bonds is 3. The Hall–Kier alpha value is -2.08. The highest BCUT2D eigenvalue weighted by molar-refractivity contribution is 7.71. The molecule has 0 amide bonds. The Labute approximate surface area is 129 Å². The number of hydrogen-bond acceptors (Lipinski definition) is 4. The molecule has 0 spiro atoms. The summed E-state index contributed by atoms with van der Waals surface area (Å²) in [6.45, 7) is 2.04. The molecule has 1 aliphatic rings. The van der Waals surface area contributed by atoms with Crippen LogP contribution in [-0.4, -0.2) is 31.8 Å². The van der Waals surface area contributed by atoms with E-state index in [4.69, 9.17) is 4.74 Å². The lowest BCUT2D eigenvalue weighted by molar-refractivity contribution is -0.144. The third-order valence-electron chi connectivity index (χ3n) is 4.32. The molecule has 5 nitrogen and oxygen atoms in total. The number of fused-ring (bicyclic) bond motifs is 3. The smallest absolute Gasteiger partial charge is 0.313 e. The van der Waals surface area contributed by atoms with Crippen LogP contribution >= 0.6 is 0 Å². The number of aryl methyl sites for hydroxylation is 1. The van der Waals surface area contributed by atoms with Gasteiger partial charge in [0.1, 0.15) is 0 Å². The number of hydrogen-bond donors (Lipinski definition) is 1. The van der Waals surface area contributed by atoms with Crippen molar-refractivity contribution < 1.29 is 17.9 Å². The largest absolute Gasteiger partial charge is 0.469 e. The molecule has 0 bridgehead atoms. The molecule has 1 aromatic carbocycles. The summed E-state index contributed by atoms with van der Waals surface area (Å²) in [5, 5.41) is 2.21. The molecule has 2 aromatic rings. The Kier molecular flexibility index (Phi) is 3.78. The summed E-state index contributed by atoms with van der Waals surface area (Å²) in [6.07, 6.45) is 1.32. The quantitative estimate of drug-likeness (QED) is 0.689. The lowest BCUT2D eigenvalue weighted by Gasteiger charge is -2.16. The summed E-state index contributed by atoms with van der Waals surface area (Å²) in [6, 6.07) is 6.22. The number of aromatic nitrogens is 1. The van der Waals surface area contributed by atoms with Crippen molar-refractivity contribution in [1.29, 1.82) is 0 Å². The fourth-order valence-electron chi connectivity index (χ4n) is 3.29. The number of benzene rings is 1. The van der Waals surface area contributed by atoms with Crippen molar-refractivity contribution in [3.05, 3.63) is 35.0 Å². The molecule has 1 N–H and O–H groups in total. The molecule has 0 saturated heterocycles. The van der Waals surface area contributed by atoms with Gasteiger partial charge in [-0.15, -0.1) is 0 Å². The van der Waals surface area contributed by atoms with Crippen LogP contribution in [0.2, 0.25) is 0 Å². The third-order valence-corrected chi connectivity index (χ3v) is 4.84. The molecule has 0 radical (unpaired) electrons. The van der Waals surface area contributed by atoms with Gasteiger partial charge >= 0.3 is 5.97 Å². The monoisotopic (exact) mass is 319 g/mol. The molecule has 116 valence electrons. The number of carbonyl (C=O) groups is 1. The van der Waals surface area contributed by atoms with E-state index in [-0.39, 0.29) is 5.92 Å². The van der Waals surface area contributed by atoms with E-state index in [0.29, 0.717) is 12.8 Å². The maximum Gasteiger partial charge on any atom is 0.313 e. The van der Waals surface area contributed by atoms with Crippen molar-refractivity contribution in [2.24, 2.45) is 11.8 Å². The van der Waals surface area contributed by atoms with Gasteiger partial charge < -0.3 is 9.72 Å². The third kappa shape index (κ3) is 2.54.